The van der Waals surface area contributed by atoms with Gasteiger partial charge in [-0.2, -0.15) is 0 Å². The van der Waals surface area contributed by atoms with Crippen LogP contribution in [0.3, 0.4) is 0 Å². The lowest BCUT2D eigenvalue weighted by molar-refractivity contribution is 0.267. The van der Waals surface area contributed by atoms with Crippen molar-refractivity contribution in [2.75, 3.05) is 20.2 Å². The number of likely N-dealkylation sites (N-methyl/N-ethyl adjacent to an activating group) is 1. The largest absolute Gasteiger partial charge is 0.497 e. The van der Waals surface area contributed by atoms with Crippen LogP contribution in [0.25, 0.3) is 11.0 Å². The van der Waals surface area contributed by atoms with Crippen molar-refractivity contribution in [1.29, 1.82) is 0 Å². The van der Waals surface area contributed by atoms with Gasteiger partial charge in [0.05, 0.1) is 18.1 Å². The molecule has 0 atom stereocenters. The molecule has 1 N–H and O–H groups in total. The Labute approximate surface area is 124 Å². The fourth-order valence-electron chi connectivity index (χ4n) is 2.75. The molecule has 0 amide bonds. The van der Waals surface area contributed by atoms with Crippen LogP contribution in [0.2, 0.25) is 0 Å². The zero-order chi connectivity index (χ0) is 14.1. The monoisotopic (exact) mass is 291 g/mol. The Morgan fingerprint density at radius 1 is 1.45 bits per heavy atom. The van der Waals surface area contributed by atoms with Crippen LogP contribution in [0.15, 0.2) is 18.2 Å². The summed E-state index contributed by atoms with van der Waals surface area (Å²) in [5.74, 6) is 0.870. The molecule has 0 radical (unpaired) electrons. The first-order valence-corrected chi connectivity index (χ1v) is 7.64. The summed E-state index contributed by atoms with van der Waals surface area (Å²) in [7, 11) is 1.69. The molecule has 1 heterocycles. The first kappa shape index (κ1) is 13.6. The van der Waals surface area contributed by atoms with Crippen LogP contribution in [0.1, 0.15) is 19.8 Å². The summed E-state index contributed by atoms with van der Waals surface area (Å²) in [6.07, 6.45) is 2.70. The van der Waals surface area contributed by atoms with E-state index in [0.717, 1.165) is 47.2 Å². The van der Waals surface area contributed by atoms with Crippen LogP contribution in [0, 0.1) is 4.77 Å². The first-order chi connectivity index (χ1) is 9.72. The highest BCUT2D eigenvalue weighted by Gasteiger charge is 2.27. The van der Waals surface area contributed by atoms with Gasteiger partial charge >= 0.3 is 0 Å². The molecule has 5 heteroatoms. The van der Waals surface area contributed by atoms with Gasteiger partial charge in [-0.25, -0.2) is 0 Å². The van der Waals surface area contributed by atoms with Crippen LogP contribution in [0.4, 0.5) is 0 Å². The zero-order valence-corrected chi connectivity index (χ0v) is 12.9. The Hall–Kier alpha value is -1.33. The molecule has 1 aromatic heterocycles. The number of aromatic amines is 1. The third-order valence-corrected chi connectivity index (χ3v) is 4.39. The van der Waals surface area contributed by atoms with Crippen molar-refractivity contribution in [3.8, 4) is 5.75 Å². The summed E-state index contributed by atoms with van der Waals surface area (Å²) in [6, 6.07) is 6.84. The number of H-pyrrole nitrogens is 1. The van der Waals surface area contributed by atoms with Gasteiger partial charge < -0.3 is 14.3 Å². The third-order valence-electron chi connectivity index (χ3n) is 4.06. The molecule has 3 rings (SSSR count). The van der Waals surface area contributed by atoms with E-state index in [0.29, 0.717) is 0 Å². The summed E-state index contributed by atoms with van der Waals surface area (Å²) in [6.45, 7) is 5.33. The molecule has 0 saturated heterocycles. The maximum Gasteiger partial charge on any atom is 0.178 e. The second-order valence-electron chi connectivity index (χ2n) is 5.32. The lowest BCUT2D eigenvalue weighted by atomic mass is 10.3. The van der Waals surface area contributed by atoms with Crippen molar-refractivity contribution < 1.29 is 4.74 Å². The molecule has 4 nitrogen and oxygen atoms in total. The number of hydrogen-bond acceptors (Lipinski definition) is 3. The molecule has 1 aromatic carbocycles. The molecule has 108 valence electrons. The summed E-state index contributed by atoms with van der Waals surface area (Å²) >= 11 is 5.45. The predicted octanol–water partition coefficient (Wildman–Crippen LogP) is 3.19. The normalized spacial score (nSPS) is 15.2. The maximum atomic E-state index is 5.45. The molecule has 0 unspecified atom stereocenters. The Bertz CT molecular complexity index is 657. The number of fused-ring (bicyclic) bond motifs is 1. The number of methoxy groups -OCH3 is 1. The van der Waals surface area contributed by atoms with Crippen molar-refractivity contribution in [2.24, 2.45) is 0 Å². The summed E-state index contributed by atoms with van der Waals surface area (Å²) in [5, 5.41) is 0. The highest BCUT2D eigenvalue weighted by atomic mass is 32.1. The molecule has 1 fully saturated rings. The van der Waals surface area contributed by atoms with E-state index >= 15 is 0 Å². The average Bonchev–Trinajstić information content (AvgIpc) is 3.24. The van der Waals surface area contributed by atoms with Crippen LogP contribution < -0.4 is 4.74 Å². The molecule has 1 saturated carbocycles. The number of benzene rings is 1. The van der Waals surface area contributed by atoms with Gasteiger partial charge in [0.2, 0.25) is 0 Å². The third kappa shape index (κ3) is 2.60. The highest BCUT2D eigenvalue weighted by Crippen LogP contribution is 2.27. The van der Waals surface area contributed by atoms with E-state index in [1.807, 2.05) is 12.1 Å². The zero-order valence-electron chi connectivity index (χ0n) is 12.1. The second kappa shape index (κ2) is 5.58. The molecule has 20 heavy (non-hydrogen) atoms. The van der Waals surface area contributed by atoms with Crippen LogP contribution in [0.5, 0.6) is 5.75 Å². The van der Waals surface area contributed by atoms with Crippen molar-refractivity contribution in [3.05, 3.63) is 23.0 Å². The van der Waals surface area contributed by atoms with Gasteiger partial charge in [-0.1, -0.05) is 6.92 Å². The number of rotatable bonds is 6. The van der Waals surface area contributed by atoms with Crippen molar-refractivity contribution in [2.45, 2.75) is 32.4 Å². The molecule has 0 spiro atoms. The number of nitrogens with zero attached hydrogens (tertiary/aromatic N) is 2. The summed E-state index contributed by atoms with van der Waals surface area (Å²) in [4.78, 5) is 5.81. The average molecular weight is 291 g/mol. The maximum absolute atomic E-state index is 5.45. The van der Waals surface area contributed by atoms with Crippen molar-refractivity contribution in [3.63, 3.8) is 0 Å². The van der Waals surface area contributed by atoms with Gasteiger partial charge in [0.15, 0.2) is 4.77 Å². The summed E-state index contributed by atoms with van der Waals surface area (Å²) in [5.41, 5.74) is 2.20. The van der Waals surface area contributed by atoms with E-state index < -0.39 is 0 Å². The fraction of sp³-hybridized carbons (Fsp3) is 0.533. The molecular weight excluding hydrogens is 270 g/mol. The van der Waals surface area contributed by atoms with Crippen LogP contribution in [-0.4, -0.2) is 40.7 Å². The standard InChI is InChI=1S/C15H21N3OS/c1-3-17(11-4-5-11)8-9-18-14-10-12(19-2)6-7-13(14)16-15(18)20/h6-7,10-11H,3-5,8-9H2,1-2H3,(H,16,20). The van der Waals surface area contributed by atoms with E-state index in [-0.39, 0.29) is 0 Å². The number of aromatic nitrogens is 2. The van der Waals surface area contributed by atoms with Gasteiger partial charge in [0.1, 0.15) is 5.75 Å². The van der Waals surface area contributed by atoms with Crippen molar-refractivity contribution >= 4 is 23.3 Å². The molecule has 0 aliphatic heterocycles. The van der Waals surface area contributed by atoms with E-state index in [1.54, 1.807) is 7.11 Å². The fourth-order valence-corrected chi connectivity index (χ4v) is 3.05. The lowest BCUT2D eigenvalue weighted by Crippen LogP contribution is -2.29. The number of imidazole rings is 1. The van der Waals surface area contributed by atoms with Crippen LogP contribution >= 0.6 is 12.2 Å². The molecule has 2 aromatic rings. The topological polar surface area (TPSA) is 33.2 Å². The Balaban J connectivity index is 1.85. The predicted molar refractivity (Wildman–Crippen MR) is 83.9 cm³/mol. The van der Waals surface area contributed by atoms with Crippen molar-refractivity contribution in [1.82, 2.24) is 14.5 Å². The van der Waals surface area contributed by atoms with Gasteiger partial charge in [-0.3, -0.25) is 4.90 Å². The second-order valence-corrected chi connectivity index (χ2v) is 5.71. The van der Waals surface area contributed by atoms with Gasteiger partial charge in [0.25, 0.3) is 0 Å². The van der Waals surface area contributed by atoms with E-state index in [1.165, 1.54) is 12.8 Å². The highest BCUT2D eigenvalue weighted by molar-refractivity contribution is 7.71. The minimum atomic E-state index is 0.792. The minimum absolute atomic E-state index is 0.792. The molecular formula is C15H21N3OS. The Kier molecular flexibility index (Phi) is 3.81. The van der Waals surface area contributed by atoms with Gasteiger partial charge in [-0.05, 0) is 43.7 Å². The Morgan fingerprint density at radius 2 is 2.25 bits per heavy atom. The number of hydrogen-bond donors (Lipinski definition) is 1. The molecule has 1 aliphatic rings. The van der Waals surface area contributed by atoms with Gasteiger partial charge in [0, 0.05) is 25.2 Å². The molecule has 0 bridgehead atoms. The van der Waals surface area contributed by atoms with Gasteiger partial charge in [-0.15, -0.1) is 0 Å². The smallest absolute Gasteiger partial charge is 0.178 e. The van der Waals surface area contributed by atoms with E-state index in [9.17, 15) is 0 Å². The minimum Gasteiger partial charge on any atom is -0.497 e. The first-order valence-electron chi connectivity index (χ1n) is 7.23. The van der Waals surface area contributed by atoms with Crippen LogP contribution in [-0.2, 0) is 6.54 Å². The SMILES string of the molecule is CCN(CCn1c(=S)[nH]c2ccc(OC)cc21)C1CC1. The number of nitrogens with one attached hydrogen (secondary N) is 1. The lowest BCUT2D eigenvalue weighted by Gasteiger charge is -2.20. The van der Waals surface area contributed by atoms with E-state index in [2.05, 4.69) is 27.4 Å². The summed E-state index contributed by atoms with van der Waals surface area (Å²) < 4.78 is 8.28. The molecule has 1 aliphatic carbocycles. The van der Waals surface area contributed by atoms with E-state index in [4.69, 9.17) is 17.0 Å². The number of ether oxygens (including phenoxy) is 1. The quantitative estimate of drug-likeness (QED) is 0.830. The Morgan fingerprint density at radius 3 is 2.90 bits per heavy atom.